The summed E-state index contributed by atoms with van der Waals surface area (Å²) in [5.74, 6) is 0.0345. The van der Waals surface area contributed by atoms with Gasteiger partial charge in [0, 0.05) is 5.56 Å². The predicted molar refractivity (Wildman–Crippen MR) is 69.8 cm³/mol. The SMILES string of the molecule is CCCc1cc(C)c(C(=O)Cl)cc1CS(=O)O. The van der Waals surface area contributed by atoms with Crippen LogP contribution in [0.1, 0.15) is 40.4 Å². The predicted octanol–water partition coefficient (Wildman–Crippen LogP) is 3.05. The number of carbonyl (C=O) groups is 1. The molecule has 0 amide bonds. The number of benzene rings is 1. The highest BCUT2D eigenvalue weighted by atomic mass is 35.5. The smallest absolute Gasteiger partial charge is 0.252 e. The Labute approximate surface area is 108 Å². The minimum Gasteiger partial charge on any atom is -0.306 e. The number of carbonyl (C=O) groups excluding carboxylic acids is 1. The Morgan fingerprint density at radius 1 is 1.41 bits per heavy atom. The van der Waals surface area contributed by atoms with Crippen LogP contribution >= 0.6 is 11.6 Å². The molecule has 0 saturated carbocycles. The summed E-state index contributed by atoms with van der Waals surface area (Å²) in [4.78, 5) is 11.2. The van der Waals surface area contributed by atoms with Crippen LogP contribution in [0.15, 0.2) is 12.1 Å². The number of hydrogen-bond donors (Lipinski definition) is 1. The summed E-state index contributed by atoms with van der Waals surface area (Å²) in [6.45, 7) is 3.85. The number of rotatable bonds is 5. The third-order valence-electron chi connectivity index (χ3n) is 2.56. The molecule has 0 saturated heterocycles. The maximum absolute atomic E-state index is 11.2. The zero-order chi connectivity index (χ0) is 13.0. The summed E-state index contributed by atoms with van der Waals surface area (Å²) in [6, 6.07) is 3.51. The summed E-state index contributed by atoms with van der Waals surface area (Å²) in [6.07, 6.45) is 1.77. The van der Waals surface area contributed by atoms with E-state index in [1.54, 1.807) is 6.07 Å². The molecule has 0 aliphatic heterocycles. The van der Waals surface area contributed by atoms with Crippen LogP contribution in [-0.4, -0.2) is 14.0 Å². The number of hydrogen-bond acceptors (Lipinski definition) is 2. The fourth-order valence-electron chi connectivity index (χ4n) is 1.79. The lowest BCUT2D eigenvalue weighted by atomic mass is 9.98. The van der Waals surface area contributed by atoms with Crippen molar-refractivity contribution in [3.63, 3.8) is 0 Å². The Morgan fingerprint density at radius 2 is 2.06 bits per heavy atom. The summed E-state index contributed by atoms with van der Waals surface area (Å²) in [7, 11) is 0. The first-order valence-electron chi connectivity index (χ1n) is 5.35. The Morgan fingerprint density at radius 3 is 2.53 bits per heavy atom. The van der Waals surface area contributed by atoms with Gasteiger partial charge in [-0.05, 0) is 47.7 Å². The molecule has 0 fully saturated rings. The highest BCUT2D eigenvalue weighted by molar-refractivity contribution is 7.78. The van der Waals surface area contributed by atoms with Crippen molar-refractivity contribution in [2.24, 2.45) is 0 Å². The molecule has 0 aromatic heterocycles. The van der Waals surface area contributed by atoms with Crippen molar-refractivity contribution in [1.82, 2.24) is 0 Å². The fraction of sp³-hybridized carbons (Fsp3) is 0.417. The van der Waals surface area contributed by atoms with Crippen molar-refractivity contribution < 1.29 is 13.6 Å². The highest BCUT2D eigenvalue weighted by Crippen LogP contribution is 2.21. The molecule has 0 heterocycles. The molecule has 1 aromatic rings. The maximum atomic E-state index is 11.2. The number of aryl methyl sites for hydroxylation is 2. The summed E-state index contributed by atoms with van der Waals surface area (Å²) in [5, 5.41) is -0.532. The molecule has 1 N–H and O–H groups in total. The maximum Gasteiger partial charge on any atom is 0.252 e. The summed E-state index contributed by atoms with van der Waals surface area (Å²) >= 11 is 3.56. The Bertz CT molecular complexity index is 457. The quantitative estimate of drug-likeness (QED) is 0.663. The zero-order valence-electron chi connectivity index (χ0n) is 9.83. The molecule has 0 spiro atoms. The highest BCUT2D eigenvalue weighted by Gasteiger charge is 2.12. The van der Waals surface area contributed by atoms with E-state index in [2.05, 4.69) is 0 Å². The summed E-state index contributed by atoms with van der Waals surface area (Å²) in [5.41, 5.74) is 2.95. The molecule has 1 atom stereocenters. The molecule has 3 nitrogen and oxygen atoms in total. The van der Waals surface area contributed by atoms with Crippen LogP contribution < -0.4 is 0 Å². The first-order chi connectivity index (χ1) is 7.95. The van der Waals surface area contributed by atoms with Crippen molar-refractivity contribution in [3.05, 3.63) is 34.4 Å². The third-order valence-corrected chi connectivity index (χ3v) is 3.32. The first-order valence-corrected chi connectivity index (χ1v) is 7.00. The van der Waals surface area contributed by atoms with Crippen molar-refractivity contribution in [2.45, 2.75) is 32.4 Å². The first kappa shape index (κ1) is 14.4. The van der Waals surface area contributed by atoms with Gasteiger partial charge in [-0.15, -0.1) is 0 Å². The topological polar surface area (TPSA) is 54.4 Å². The Hall–Kier alpha value is -0.710. The Balaban J connectivity index is 3.25. The average molecular weight is 275 g/mol. The van der Waals surface area contributed by atoms with E-state index in [9.17, 15) is 9.00 Å². The lowest BCUT2D eigenvalue weighted by Gasteiger charge is -2.11. The normalized spacial score (nSPS) is 12.5. The van der Waals surface area contributed by atoms with E-state index in [-0.39, 0.29) is 5.75 Å². The second-order valence-corrected chi connectivity index (χ2v) is 5.20. The van der Waals surface area contributed by atoms with Gasteiger partial charge in [-0.25, -0.2) is 4.21 Å². The average Bonchev–Trinajstić information content (AvgIpc) is 2.21. The van der Waals surface area contributed by atoms with E-state index in [0.29, 0.717) is 5.56 Å². The van der Waals surface area contributed by atoms with Gasteiger partial charge in [-0.1, -0.05) is 19.4 Å². The molecule has 0 bridgehead atoms. The molecule has 5 heteroatoms. The Kier molecular flexibility index (Phi) is 5.31. The van der Waals surface area contributed by atoms with Crippen molar-refractivity contribution >= 4 is 27.9 Å². The molecule has 0 aliphatic rings. The molecular formula is C12H15ClO3S. The van der Waals surface area contributed by atoms with E-state index < -0.39 is 16.3 Å². The molecule has 1 rings (SSSR count). The molecular weight excluding hydrogens is 260 g/mol. The van der Waals surface area contributed by atoms with Gasteiger partial charge < -0.3 is 4.55 Å². The third kappa shape index (κ3) is 3.91. The van der Waals surface area contributed by atoms with Gasteiger partial charge in [0.2, 0.25) is 0 Å². The van der Waals surface area contributed by atoms with Crippen LogP contribution in [-0.2, 0) is 23.3 Å². The van der Waals surface area contributed by atoms with Gasteiger partial charge >= 0.3 is 0 Å². The van der Waals surface area contributed by atoms with Crippen molar-refractivity contribution in [3.8, 4) is 0 Å². The molecule has 0 radical (unpaired) electrons. The van der Waals surface area contributed by atoms with Crippen LogP contribution in [0.2, 0.25) is 0 Å². The molecule has 1 unspecified atom stereocenters. The minimum absolute atomic E-state index is 0.0345. The second-order valence-electron chi connectivity index (χ2n) is 3.93. The van der Waals surface area contributed by atoms with Gasteiger partial charge in [0.15, 0.2) is 11.1 Å². The molecule has 17 heavy (non-hydrogen) atoms. The van der Waals surface area contributed by atoms with Gasteiger partial charge in [-0.3, -0.25) is 4.79 Å². The fourth-order valence-corrected chi connectivity index (χ4v) is 2.53. The van der Waals surface area contributed by atoms with Crippen LogP contribution in [0.3, 0.4) is 0 Å². The van der Waals surface area contributed by atoms with E-state index in [0.717, 1.165) is 29.5 Å². The van der Waals surface area contributed by atoms with E-state index in [1.165, 1.54) is 0 Å². The molecule has 94 valence electrons. The van der Waals surface area contributed by atoms with Crippen LogP contribution in [0, 0.1) is 6.92 Å². The van der Waals surface area contributed by atoms with Crippen molar-refractivity contribution in [1.29, 1.82) is 0 Å². The van der Waals surface area contributed by atoms with Gasteiger partial charge in [0.25, 0.3) is 5.24 Å². The second kappa shape index (κ2) is 6.28. The van der Waals surface area contributed by atoms with Crippen LogP contribution in [0.25, 0.3) is 0 Å². The zero-order valence-corrected chi connectivity index (χ0v) is 11.4. The minimum atomic E-state index is -1.91. The lowest BCUT2D eigenvalue weighted by molar-refractivity contribution is 0.108. The van der Waals surface area contributed by atoms with E-state index >= 15 is 0 Å². The van der Waals surface area contributed by atoms with E-state index in [1.807, 2.05) is 19.9 Å². The van der Waals surface area contributed by atoms with Crippen LogP contribution in [0.5, 0.6) is 0 Å². The van der Waals surface area contributed by atoms with Gasteiger partial charge in [0.1, 0.15) is 0 Å². The lowest BCUT2D eigenvalue weighted by Crippen LogP contribution is -2.04. The van der Waals surface area contributed by atoms with Gasteiger partial charge in [0.05, 0.1) is 5.75 Å². The molecule has 0 aliphatic carbocycles. The van der Waals surface area contributed by atoms with Crippen molar-refractivity contribution in [2.75, 3.05) is 0 Å². The number of halogens is 1. The van der Waals surface area contributed by atoms with E-state index in [4.69, 9.17) is 16.2 Å². The van der Waals surface area contributed by atoms with Crippen LogP contribution in [0.4, 0.5) is 0 Å². The standard InChI is InChI=1S/C12H15ClO3S/c1-3-4-9-5-8(2)11(12(13)14)6-10(9)7-17(15)16/h5-6H,3-4,7H2,1-2H3,(H,15,16). The van der Waals surface area contributed by atoms with Gasteiger partial charge in [-0.2, -0.15) is 0 Å². The molecule has 1 aromatic carbocycles. The monoisotopic (exact) mass is 274 g/mol. The summed E-state index contributed by atoms with van der Waals surface area (Å²) < 4.78 is 19.8. The largest absolute Gasteiger partial charge is 0.306 e.